The van der Waals surface area contributed by atoms with Gasteiger partial charge in [0, 0.05) is 18.8 Å². The van der Waals surface area contributed by atoms with Gasteiger partial charge >= 0.3 is 0 Å². The number of hydrogen-bond donors (Lipinski definition) is 1. The monoisotopic (exact) mass is 227 g/mol. The molecule has 0 amide bonds. The molecule has 1 aliphatic heterocycles. The smallest absolute Gasteiger partial charge is 0.209 e. The fourth-order valence-electron chi connectivity index (χ4n) is 1.81. The number of thioether (sulfide) groups is 1. The molecule has 1 saturated heterocycles. The molecule has 6 heteroatoms. The molecule has 0 spiro atoms. The first-order valence-corrected chi connectivity index (χ1v) is 6.43. The van der Waals surface area contributed by atoms with Gasteiger partial charge < -0.3 is 5.32 Å². The van der Waals surface area contributed by atoms with Gasteiger partial charge in [-0.1, -0.05) is 18.2 Å². The highest BCUT2D eigenvalue weighted by atomic mass is 32.2. The maximum atomic E-state index is 3.94. The zero-order valence-corrected chi connectivity index (χ0v) is 9.83. The van der Waals surface area contributed by atoms with Gasteiger partial charge in [-0.15, -0.1) is 5.10 Å². The molecule has 2 rings (SSSR count). The molecule has 1 N–H and O–H groups in total. The van der Waals surface area contributed by atoms with E-state index in [1.165, 1.54) is 32.2 Å². The van der Waals surface area contributed by atoms with Gasteiger partial charge in [0.25, 0.3) is 0 Å². The number of nitrogens with zero attached hydrogens (tertiary/aromatic N) is 4. The van der Waals surface area contributed by atoms with E-state index in [2.05, 4.69) is 20.8 Å². The molecule has 1 fully saturated rings. The van der Waals surface area contributed by atoms with Crippen molar-refractivity contribution >= 4 is 11.8 Å². The summed E-state index contributed by atoms with van der Waals surface area (Å²) in [5.41, 5.74) is 0. The lowest BCUT2D eigenvalue weighted by Crippen LogP contribution is -2.34. The summed E-state index contributed by atoms with van der Waals surface area (Å²) < 4.78 is 1.72. The number of hydrogen-bond acceptors (Lipinski definition) is 5. The Morgan fingerprint density at radius 2 is 2.47 bits per heavy atom. The van der Waals surface area contributed by atoms with Gasteiger partial charge in [0.2, 0.25) is 5.16 Å². The molecule has 1 aromatic rings. The van der Waals surface area contributed by atoms with E-state index in [1.54, 1.807) is 16.4 Å². The molecule has 5 nitrogen and oxygen atoms in total. The van der Waals surface area contributed by atoms with Crippen LogP contribution in [-0.2, 0) is 7.05 Å². The van der Waals surface area contributed by atoms with E-state index in [-0.39, 0.29) is 0 Å². The number of tetrazole rings is 1. The molecule has 0 aromatic carbocycles. The molecule has 1 aliphatic rings. The second-order valence-corrected chi connectivity index (χ2v) is 4.93. The first-order valence-electron chi connectivity index (χ1n) is 5.45. The number of nitrogens with one attached hydrogen (secondary N) is 1. The Morgan fingerprint density at radius 1 is 1.53 bits per heavy atom. The van der Waals surface area contributed by atoms with Crippen molar-refractivity contribution in [2.24, 2.45) is 7.05 Å². The van der Waals surface area contributed by atoms with E-state index in [4.69, 9.17) is 0 Å². The third-order valence-corrected chi connectivity index (χ3v) is 3.74. The SMILES string of the molecule is Cn1nnnc1SCCC1CCCCN1. The van der Waals surface area contributed by atoms with Crippen molar-refractivity contribution in [1.29, 1.82) is 0 Å². The van der Waals surface area contributed by atoms with Crippen molar-refractivity contribution in [1.82, 2.24) is 25.5 Å². The van der Waals surface area contributed by atoms with Crippen LogP contribution in [0.25, 0.3) is 0 Å². The van der Waals surface area contributed by atoms with Crippen molar-refractivity contribution in [2.45, 2.75) is 36.9 Å². The van der Waals surface area contributed by atoms with Gasteiger partial charge in [0.15, 0.2) is 0 Å². The van der Waals surface area contributed by atoms with E-state index in [0.29, 0.717) is 6.04 Å². The quantitative estimate of drug-likeness (QED) is 0.772. The Kier molecular flexibility index (Phi) is 3.96. The Labute approximate surface area is 94.0 Å². The van der Waals surface area contributed by atoms with Crippen LogP contribution < -0.4 is 5.32 Å². The van der Waals surface area contributed by atoms with Crippen LogP contribution in [0.4, 0.5) is 0 Å². The highest BCUT2D eigenvalue weighted by Gasteiger charge is 2.12. The van der Waals surface area contributed by atoms with Gasteiger partial charge in [0.05, 0.1) is 0 Å². The van der Waals surface area contributed by atoms with Crippen LogP contribution in [0.2, 0.25) is 0 Å². The summed E-state index contributed by atoms with van der Waals surface area (Å²) in [7, 11) is 1.88. The summed E-state index contributed by atoms with van der Waals surface area (Å²) in [4.78, 5) is 0. The van der Waals surface area contributed by atoms with Crippen LogP contribution >= 0.6 is 11.8 Å². The number of piperidine rings is 1. The Morgan fingerprint density at radius 3 is 3.13 bits per heavy atom. The largest absolute Gasteiger partial charge is 0.314 e. The van der Waals surface area contributed by atoms with Crippen LogP contribution in [0.15, 0.2) is 5.16 Å². The van der Waals surface area contributed by atoms with E-state index in [1.807, 2.05) is 7.05 Å². The molecule has 2 heterocycles. The summed E-state index contributed by atoms with van der Waals surface area (Å²) in [5.74, 6) is 1.09. The molecular weight excluding hydrogens is 210 g/mol. The van der Waals surface area contributed by atoms with Gasteiger partial charge in [-0.3, -0.25) is 0 Å². The Balaban J connectivity index is 1.68. The van der Waals surface area contributed by atoms with E-state index in [0.717, 1.165) is 10.9 Å². The lowest BCUT2D eigenvalue weighted by molar-refractivity contribution is 0.394. The number of rotatable bonds is 4. The molecule has 1 atom stereocenters. The van der Waals surface area contributed by atoms with Crippen molar-refractivity contribution in [3.63, 3.8) is 0 Å². The van der Waals surface area contributed by atoms with Crippen molar-refractivity contribution in [2.75, 3.05) is 12.3 Å². The van der Waals surface area contributed by atoms with Crippen molar-refractivity contribution in [3.8, 4) is 0 Å². The van der Waals surface area contributed by atoms with E-state index >= 15 is 0 Å². The molecule has 84 valence electrons. The molecule has 0 saturated carbocycles. The highest BCUT2D eigenvalue weighted by molar-refractivity contribution is 7.99. The first kappa shape index (κ1) is 10.9. The second-order valence-electron chi connectivity index (χ2n) is 3.87. The number of aromatic nitrogens is 4. The fraction of sp³-hybridized carbons (Fsp3) is 0.889. The summed E-state index contributed by atoms with van der Waals surface area (Å²) in [6, 6.07) is 0.701. The molecule has 1 aromatic heterocycles. The Bertz CT molecular complexity index is 294. The topological polar surface area (TPSA) is 55.6 Å². The fourth-order valence-corrected chi connectivity index (χ4v) is 2.71. The minimum atomic E-state index is 0.701. The molecule has 0 bridgehead atoms. The molecule has 1 unspecified atom stereocenters. The summed E-state index contributed by atoms with van der Waals surface area (Å²) in [6.45, 7) is 1.18. The van der Waals surface area contributed by atoms with Gasteiger partial charge in [-0.25, -0.2) is 4.68 Å². The maximum absolute atomic E-state index is 3.94. The van der Waals surface area contributed by atoms with E-state index < -0.39 is 0 Å². The standard InChI is InChI=1S/C9H17N5S/c1-14-9(11-12-13-14)15-7-5-8-4-2-3-6-10-8/h8,10H,2-7H2,1H3. The van der Waals surface area contributed by atoms with Crippen LogP contribution in [0.5, 0.6) is 0 Å². The summed E-state index contributed by atoms with van der Waals surface area (Å²) >= 11 is 1.73. The molecule has 15 heavy (non-hydrogen) atoms. The van der Waals surface area contributed by atoms with Gasteiger partial charge in [-0.2, -0.15) is 0 Å². The maximum Gasteiger partial charge on any atom is 0.209 e. The Hall–Kier alpha value is -0.620. The van der Waals surface area contributed by atoms with Gasteiger partial charge in [0.1, 0.15) is 0 Å². The summed E-state index contributed by atoms with van der Waals surface area (Å²) in [5, 5.41) is 15.8. The zero-order valence-electron chi connectivity index (χ0n) is 9.02. The van der Waals surface area contributed by atoms with Gasteiger partial charge in [-0.05, 0) is 36.2 Å². The molecular formula is C9H17N5S. The minimum Gasteiger partial charge on any atom is -0.314 e. The predicted molar refractivity (Wildman–Crippen MR) is 59.8 cm³/mol. The number of aryl methyl sites for hydroxylation is 1. The third kappa shape index (κ3) is 3.17. The van der Waals surface area contributed by atoms with Crippen LogP contribution in [0.3, 0.4) is 0 Å². The average Bonchev–Trinajstić information content (AvgIpc) is 2.66. The van der Waals surface area contributed by atoms with Crippen molar-refractivity contribution in [3.05, 3.63) is 0 Å². The predicted octanol–water partition coefficient (Wildman–Crippen LogP) is 0.834. The van der Waals surface area contributed by atoms with E-state index in [9.17, 15) is 0 Å². The summed E-state index contributed by atoms with van der Waals surface area (Å²) in [6.07, 6.45) is 5.22. The lowest BCUT2D eigenvalue weighted by atomic mass is 10.0. The lowest BCUT2D eigenvalue weighted by Gasteiger charge is -2.22. The van der Waals surface area contributed by atoms with Crippen molar-refractivity contribution < 1.29 is 0 Å². The van der Waals surface area contributed by atoms with Crippen LogP contribution in [-0.4, -0.2) is 38.5 Å². The minimum absolute atomic E-state index is 0.701. The van der Waals surface area contributed by atoms with Crippen LogP contribution in [0.1, 0.15) is 25.7 Å². The average molecular weight is 227 g/mol. The second kappa shape index (κ2) is 5.46. The third-order valence-electron chi connectivity index (χ3n) is 2.69. The zero-order chi connectivity index (χ0) is 10.5. The van der Waals surface area contributed by atoms with Crippen LogP contribution in [0, 0.1) is 0 Å². The molecule has 0 aliphatic carbocycles. The first-order chi connectivity index (χ1) is 7.36. The highest BCUT2D eigenvalue weighted by Crippen LogP contribution is 2.17. The molecule has 0 radical (unpaired) electrons. The normalized spacial score (nSPS) is 21.8.